The van der Waals surface area contributed by atoms with Gasteiger partial charge in [0, 0.05) is 0 Å². The van der Waals surface area contributed by atoms with Crippen molar-refractivity contribution in [3.63, 3.8) is 0 Å². The molecule has 82 valence electrons. The molecule has 1 heterocycles. The highest BCUT2D eigenvalue weighted by Gasteiger charge is 2.40. The van der Waals surface area contributed by atoms with Crippen molar-refractivity contribution in [2.45, 2.75) is 30.8 Å². The summed E-state index contributed by atoms with van der Waals surface area (Å²) in [4.78, 5) is 0. The molecule has 1 aliphatic heterocycles. The average molecular weight is 220 g/mol. The fourth-order valence-electron chi connectivity index (χ4n) is 1.63. The fraction of sp³-hybridized carbons (Fsp3) is 0.889. The lowest BCUT2D eigenvalue weighted by atomic mass is 9.94. The highest BCUT2D eigenvalue weighted by Crippen LogP contribution is 2.38. The molecule has 0 aromatic carbocycles. The molecule has 14 heavy (non-hydrogen) atoms. The Bertz CT molecular complexity index is 243. The fourth-order valence-corrected chi connectivity index (χ4v) is 2.58. The standard InChI is InChI=1S/C9H19BFO2P/c1-14(2,3)5-4-6-8(12)7(11)9(10)13-6/h6-9,12H,1,4-5,10H2,2-3H3/t6-,7?,8-,9-/m1/s1. The predicted octanol–water partition coefficient (Wildman–Crippen LogP) is 0.143. The van der Waals surface area contributed by atoms with Gasteiger partial charge in [0.1, 0.15) is 20.1 Å². The van der Waals surface area contributed by atoms with Gasteiger partial charge in [-0.05, 0) is 25.9 Å². The van der Waals surface area contributed by atoms with Crippen molar-refractivity contribution >= 4 is 21.0 Å². The molecule has 1 saturated heterocycles. The minimum atomic E-state index is -1.23. The Morgan fingerprint density at radius 1 is 1.57 bits per heavy atom. The van der Waals surface area contributed by atoms with Gasteiger partial charge in [0.05, 0.1) is 12.1 Å². The molecule has 0 amide bonds. The van der Waals surface area contributed by atoms with E-state index >= 15 is 0 Å². The van der Waals surface area contributed by atoms with E-state index in [1.54, 1.807) is 7.85 Å². The van der Waals surface area contributed by atoms with E-state index in [2.05, 4.69) is 19.6 Å². The number of hydrogen-bond donors (Lipinski definition) is 1. The molecule has 2 nitrogen and oxygen atoms in total. The zero-order valence-corrected chi connectivity index (χ0v) is 10.0. The molecule has 0 aromatic heterocycles. The van der Waals surface area contributed by atoms with E-state index < -0.39 is 25.2 Å². The maximum Gasteiger partial charge on any atom is 0.146 e. The largest absolute Gasteiger partial charge is 0.387 e. The molecule has 0 radical (unpaired) electrons. The summed E-state index contributed by atoms with van der Waals surface area (Å²) in [7, 11) is 1.67. The van der Waals surface area contributed by atoms with Crippen LogP contribution in [0, 0.1) is 0 Å². The quantitative estimate of drug-likeness (QED) is 0.541. The molecule has 1 N–H and O–H groups in total. The zero-order chi connectivity index (χ0) is 10.9. The molecule has 4 atom stereocenters. The summed E-state index contributed by atoms with van der Waals surface area (Å²) in [6.07, 6.45) is 3.22. The Morgan fingerprint density at radius 2 is 2.14 bits per heavy atom. The molecule has 1 aliphatic rings. The minimum Gasteiger partial charge on any atom is -0.387 e. The number of rotatable bonds is 3. The molecule has 0 aromatic rings. The lowest BCUT2D eigenvalue weighted by molar-refractivity contribution is 0.0289. The Kier molecular flexibility index (Phi) is 3.84. The molecule has 0 spiro atoms. The average Bonchev–Trinajstić information content (AvgIpc) is 2.28. The van der Waals surface area contributed by atoms with Gasteiger partial charge in [0.15, 0.2) is 0 Å². The molecule has 1 rings (SSSR count). The zero-order valence-electron chi connectivity index (χ0n) is 9.11. The van der Waals surface area contributed by atoms with Crippen LogP contribution in [0.5, 0.6) is 0 Å². The van der Waals surface area contributed by atoms with Crippen molar-refractivity contribution in [3.05, 3.63) is 0 Å². The van der Waals surface area contributed by atoms with E-state index in [0.717, 1.165) is 12.6 Å². The Hall–Kier alpha value is 0.215. The van der Waals surface area contributed by atoms with Crippen LogP contribution in [0.4, 0.5) is 4.39 Å². The van der Waals surface area contributed by atoms with Crippen LogP contribution >= 0.6 is 6.89 Å². The molecular formula is C9H19BFO2P. The summed E-state index contributed by atoms with van der Waals surface area (Å²) in [5.41, 5.74) is 0. The van der Waals surface area contributed by atoms with Crippen LogP contribution in [0.1, 0.15) is 6.42 Å². The van der Waals surface area contributed by atoms with Crippen LogP contribution < -0.4 is 0 Å². The Labute approximate surface area is 86.2 Å². The molecule has 1 unspecified atom stereocenters. The van der Waals surface area contributed by atoms with Crippen molar-refractivity contribution in [2.24, 2.45) is 0 Å². The van der Waals surface area contributed by atoms with Crippen molar-refractivity contribution in [2.75, 3.05) is 19.5 Å². The van der Waals surface area contributed by atoms with Crippen molar-refractivity contribution in [1.82, 2.24) is 0 Å². The van der Waals surface area contributed by atoms with Crippen molar-refractivity contribution in [3.8, 4) is 0 Å². The number of alkyl halides is 1. The summed E-state index contributed by atoms with van der Waals surface area (Å²) < 4.78 is 18.5. The van der Waals surface area contributed by atoms with Gasteiger partial charge in [-0.1, -0.05) is 0 Å². The van der Waals surface area contributed by atoms with Gasteiger partial charge in [0.25, 0.3) is 0 Å². The molecule has 0 aliphatic carbocycles. The summed E-state index contributed by atoms with van der Waals surface area (Å²) >= 11 is 0. The smallest absolute Gasteiger partial charge is 0.146 e. The summed E-state index contributed by atoms with van der Waals surface area (Å²) in [6, 6.07) is -0.471. The first kappa shape index (κ1) is 12.3. The summed E-state index contributed by atoms with van der Waals surface area (Å²) in [5.74, 6) is 0. The van der Waals surface area contributed by atoms with E-state index in [9.17, 15) is 9.50 Å². The number of halogens is 1. The first-order valence-corrected chi connectivity index (χ1v) is 8.01. The number of ether oxygens (including phenoxy) is 1. The van der Waals surface area contributed by atoms with Crippen LogP contribution in [0.3, 0.4) is 0 Å². The van der Waals surface area contributed by atoms with Crippen LogP contribution in [0.15, 0.2) is 0 Å². The molecule has 0 saturated carbocycles. The van der Waals surface area contributed by atoms with Crippen molar-refractivity contribution < 1.29 is 14.2 Å². The van der Waals surface area contributed by atoms with Gasteiger partial charge in [-0.15, -0.1) is 13.2 Å². The Morgan fingerprint density at radius 3 is 2.50 bits per heavy atom. The van der Waals surface area contributed by atoms with E-state index in [1.807, 2.05) is 0 Å². The lowest BCUT2D eigenvalue weighted by Gasteiger charge is -2.18. The van der Waals surface area contributed by atoms with E-state index in [4.69, 9.17) is 4.74 Å². The van der Waals surface area contributed by atoms with Crippen LogP contribution in [0.2, 0.25) is 0 Å². The topological polar surface area (TPSA) is 29.5 Å². The van der Waals surface area contributed by atoms with Crippen LogP contribution in [-0.2, 0) is 4.74 Å². The van der Waals surface area contributed by atoms with Gasteiger partial charge < -0.3 is 9.84 Å². The predicted molar refractivity (Wildman–Crippen MR) is 63.5 cm³/mol. The van der Waals surface area contributed by atoms with E-state index in [0.29, 0.717) is 0 Å². The number of hydrogen-bond acceptors (Lipinski definition) is 2. The van der Waals surface area contributed by atoms with Gasteiger partial charge in [-0.2, -0.15) is 0 Å². The Balaban J connectivity index is 2.44. The SMILES string of the molecule is B[C@@H]1O[C@H](CCP(=C)(C)C)[C@@H](O)C1F. The highest BCUT2D eigenvalue weighted by atomic mass is 31.2. The maximum absolute atomic E-state index is 13.2. The summed E-state index contributed by atoms with van der Waals surface area (Å²) in [6.45, 7) is 3.16. The molecule has 5 heteroatoms. The van der Waals surface area contributed by atoms with Crippen LogP contribution in [-0.4, -0.2) is 63.1 Å². The lowest BCUT2D eigenvalue weighted by Crippen LogP contribution is -2.29. The van der Waals surface area contributed by atoms with Crippen LogP contribution in [0.25, 0.3) is 0 Å². The molecule has 1 fully saturated rings. The van der Waals surface area contributed by atoms with E-state index in [-0.39, 0.29) is 6.10 Å². The number of aliphatic hydroxyl groups is 1. The molecule has 0 bridgehead atoms. The highest BCUT2D eigenvalue weighted by molar-refractivity contribution is 7.72. The normalized spacial score (nSPS) is 38.9. The first-order chi connectivity index (χ1) is 6.31. The maximum atomic E-state index is 13.2. The van der Waals surface area contributed by atoms with Crippen molar-refractivity contribution in [1.29, 1.82) is 0 Å². The van der Waals surface area contributed by atoms with Gasteiger partial charge in [0.2, 0.25) is 0 Å². The minimum absolute atomic E-state index is 0.332. The van der Waals surface area contributed by atoms with Gasteiger partial charge in [-0.3, -0.25) is 0 Å². The summed E-state index contributed by atoms with van der Waals surface area (Å²) in [5, 5.41) is 9.52. The second-order valence-corrected chi connectivity index (χ2v) is 9.08. The number of aliphatic hydroxyl groups excluding tert-OH is 1. The van der Waals surface area contributed by atoms with Gasteiger partial charge >= 0.3 is 0 Å². The first-order valence-electron chi connectivity index (χ1n) is 4.96. The second kappa shape index (κ2) is 4.38. The third-order valence-electron chi connectivity index (χ3n) is 2.56. The monoisotopic (exact) mass is 220 g/mol. The second-order valence-electron chi connectivity index (χ2n) is 4.76. The molecular weight excluding hydrogens is 201 g/mol. The third kappa shape index (κ3) is 3.11. The van der Waals surface area contributed by atoms with E-state index in [1.165, 1.54) is 0 Å². The van der Waals surface area contributed by atoms with Gasteiger partial charge in [-0.25, -0.2) is 4.39 Å². The third-order valence-corrected chi connectivity index (χ3v) is 4.03.